The normalized spacial score (nSPS) is 16.4. The molecule has 0 bridgehead atoms. The van der Waals surface area contributed by atoms with Crippen LogP contribution in [0.1, 0.15) is 5.56 Å². The van der Waals surface area contributed by atoms with E-state index in [2.05, 4.69) is 9.57 Å². The van der Waals surface area contributed by atoms with Crippen molar-refractivity contribution in [3.63, 3.8) is 0 Å². The highest BCUT2D eigenvalue weighted by Gasteiger charge is 2.36. The van der Waals surface area contributed by atoms with E-state index in [1.807, 2.05) is 0 Å². The summed E-state index contributed by atoms with van der Waals surface area (Å²) in [6, 6.07) is 10.9. The smallest absolute Gasteiger partial charge is 0.404 e. The Labute approximate surface area is 183 Å². The highest BCUT2D eigenvalue weighted by Crippen LogP contribution is 2.35. The van der Waals surface area contributed by atoms with Gasteiger partial charge < -0.3 is 4.74 Å². The number of halogens is 4. The van der Waals surface area contributed by atoms with Gasteiger partial charge >= 0.3 is 6.36 Å². The van der Waals surface area contributed by atoms with Gasteiger partial charge in [-0.1, -0.05) is 59.8 Å². The minimum atomic E-state index is -4.94. The molecule has 3 rings (SSSR count). The van der Waals surface area contributed by atoms with Crippen LogP contribution in [0.15, 0.2) is 58.3 Å². The van der Waals surface area contributed by atoms with E-state index in [9.17, 15) is 26.4 Å². The second-order valence-corrected chi connectivity index (χ2v) is 9.41. The Balaban J connectivity index is 1.84. The molecule has 1 aliphatic rings. The number of amides is 1. The summed E-state index contributed by atoms with van der Waals surface area (Å²) in [6.07, 6.45) is -3.70. The van der Waals surface area contributed by atoms with Gasteiger partial charge in [0.1, 0.15) is 5.75 Å². The van der Waals surface area contributed by atoms with Crippen molar-refractivity contribution in [2.45, 2.75) is 11.3 Å². The van der Waals surface area contributed by atoms with Crippen molar-refractivity contribution in [1.29, 1.82) is 0 Å². The first kappa shape index (κ1) is 22.6. The largest absolute Gasteiger partial charge is 0.573 e. The van der Waals surface area contributed by atoms with E-state index in [0.717, 1.165) is 17.8 Å². The zero-order chi connectivity index (χ0) is 22.1. The van der Waals surface area contributed by atoms with Gasteiger partial charge in [0, 0.05) is 0 Å². The van der Waals surface area contributed by atoms with Gasteiger partial charge in [0.15, 0.2) is 4.32 Å². The Morgan fingerprint density at radius 1 is 1.17 bits per heavy atom. The molecular formula is C17H10ClF3N2O4S3. The van der Waals surface area contributed by atoms with Crippen molar-refractivity contribution in [1.82, 2.24) is 9.84 Å². The number of rotatable bonds is 5. The maximum absolute atomic E-state index is 12.6. The van der Waals surface area contributed by atoms with Crippen molar-refractivity contribution in [2.75, 3.05) is 0 Å². The summed E-state index contributed by atoms with van der Waals surface area (Å²) in [6.45, 7) is 0. The molecule has 0 saturated carbocycles. The number of hydrogen-bond acceptors (Lipinski definition) is 6. The average Bonchev–Trinajstić information content (AvgIpc) is 2.91. The summed E-state index contributed by atoms with van der Waals surface area (Å²) < 4.78 is 66.0. The van der Waals surface area contributed by atoms with Crippen molar-refractivity contribution in [3.8, 4) is 5.75 Å². The number of sulfonamides is 1. The fraction of sp³-hybridized carbons (Fsp3) is 0.0588. The van der Waals surface area contributed by atoms with Crippen molar-refractivity contribution in [2.24, 2.45) is 0 Å². The maximum Gasteiger partial charge on any atom is 0.573 e. The predicted molar refractivity (Wildman–Crippen MR) is 110 cm³/mol. The van der Waals surface area contributed by atoms with Crippen LogP contribution in [0.25, 0.3) is 6.08 Å². The Morgan fingerprint density at radius 2 is 1.83 bits per heavy atom. The van der Waals surface area contributed by atoms with Crippen LogP contribution < -0.4 is 9.57 Å². The molecule has 13 heteroatoms. The third-order valence-corrected chi connectivity index (χ3v) is 6.47. The molecule has 2 aromatic carbocycles. The van der Waals surface area contributed by atoms with Crippen LogP contribution in [-0.2, 0) is 14.8 Å². The number of nitrogens with zero attached hydrogens (tertiary/aromatic N) is 1. The van der Waals surface area contributed by atoms with Crippen molar-refractivity contribution < 1.29 is 31.1 Å². The number of carbonyl (C=O) groups is 1. The molecule has 0 unspecified atom stereocenters. The number of thioether (sulfide) groups is 1. The highest BCUT2D eigenvalue weighted by atomic mass is 35.5. The lowest BCUT2D eigenvalue weighted by Gasteiger charge is -2.15. The zero-order valence-electron chi connectivity index (χ0n) is 14.5. The highest BCUT2D eigenvalue weighted by molar-refractivity contribution is 8.26. The zero-order valence-corrected chi connectivity index (χ0v) is 17.7. The SMILES string of the molecule is O=C1/C(=C\c2ccc(Cl)c(OC(F)(F)F)c2)SC(=S)N1NS(=O)(=O)c1ccccc1. The monoisotopic (exact) mass is 494 g/mol. The number of carbonyl (C=O) groups excluding carboxylic acids is 1. The first-order valence-electron chi connectivity index (χ1n) is 7.87. The van der Waals surface area contributed by atoms with Crippen molar-refractivity contribution >= 4 is 61.9 Å². The van der Waals surface area contributed by atoms with Gasteiger partial charge in [-0.2, -0.15) is 0 Å². The molecule has 0 aromatic heterocycles. The number of hydrazine groups is 1. The van der Waals surface area contributed by atoms with E-state index in [-0.39, 0.29) is 24.7 Å². The lowest BCUT2D eigenvalue weighted by Crippen LogP contribution is -2.44. The van der Waals surface area contributed by atoms with Gasteiger partial charge in [-0.15, -0.1) is 18.0 Å². The van der Waals surface area contributed by atoms with Gasteiger partial charge in [0.2, 0.25) is 0 Å². The molecule has 1 fully saturated rings. The molecule has 1 N–H and O–H groups in total. The number of hydrogen-bond donors (Lipinski definition) is 1. The molecule has 1 saturated heterocycles. The van der Waals surface area contributed by atoms with Gasteiger partial charge in [-0.25, -0.2) is 13.4 Å². The molecule has 2 aromatic rings. The Bertz CT molecular complexity index is 1140. The van der Waals surface area contributed by atoms with E-state index in [1.165, 1.54) is 42.5 Å². The Kier molecular flexibility index (Phi) is 6.43. The molecule has 6 nitrogen and oxygen atoms in total. The summed E-state index contributed by atoms with van der Waals surface area (Å²) in [5, 5.41) is 0.407. The van der Waals surface area contributed by atoms with Crippen LogP contribution in [0.2, 0.25) is 5.02 Å². The molecular weight excluding hydrogens is 485 g/mol. The van der Waals surface area contributed by atoms with Gasteiger partial charge in [0.05, 0.1) is 14.8 Å². The first-order valence-corrected chi connectivity index (χ1v) is 11.0. The number of benzene rings is 2. The van der Waals surface area contributed by atoms with Crippen LogP contribution in [0.4, 0.5) is 13.2 Å². The van der Waals surface area contributed by atoms with Crippen LogP contribution in [0.3, 0.4) is 0 Å². The Morgan fingerprint density at radius 3 is 2.47 bits per heavy atom. The Hall–Kier alpha value is -2.12. The molecule has 0 radical (unpaired) electrons. The fourth-order valence-electron chi connectivity index (χ4n) is 2.28. The van der Waals surface area contributed by atoms with Crippen LogP contribution >= 0.6 is 35.6 Å². The minimum absolute atomic E-state index is 0.00366. The van der Waals surface area contributed by atoms with Crippen LogP contribution in [-0.4, -0.2) is 30.0 Å². The van der Waals surface area contributed by atoms with Crippen LogP contribution in [0, 0.1) is 0 Å². The minimum Gasteiger partial charge on any atom is -0.404 e. The van der Waals surface area contributed by atoms with E-state index >= 15 is 0 Å². The maximum atomic E-state index is 12.6. The lowest BCUT2D eigenvalue weighted by atomic mass is 10.2. The second-order valence-electron chi connectivity index (χ2n) is 5.66. The summed E-state index contributed by atoms with van der Waals surface area (Å²) in [7, 11) is -4.07. The molecule has 0 spiro atoms. The number of nitrogens with one attached hydrogen (secondary N) is 1. The number of ether oxygens (including phenoxy) is 1. The molecule has 0 atom stereocenters. The quantitative estimate of drug-likeness (QED) is 0.492. The van der Waals surface area contributed by atoms with Crippen molar-refractivity contribution in [3.05, 3.63) is 64.0 Å². The summed E-state index contributed by atoms with van der Waals surface area (Å²) >= 11 is 11.5. The molecule has 158 valence electrons. The van der Waals surface area contributed by atoms with E-state index < -0.39 is 28.0 Å². The van der Waals surface area contributed by atoms with Gasteiger partial charge in [-0.3, -0.25) is 4.79 Å². The lowest BCUT2D eigenvalue weighted by molar-refractivity contribution is -0.274. The third-order valence-electron chi connectivity index (χ3n) is 3.54. The molecule has 0 aliphatic carbocycles. The van der Waals surface area contributed by atoms with E-state index in [1.54, 1.807) is 6.07 Å². The fourth-order valence-corrected chi connectivity index (χ4v) is 4.77. The third kappa shape index (κ3) is 5.32. The topological polar surface area (TPSA) is 75.7 Å². The molecule has 1 heterocycles. The predicted octanol–water partition coefficient (Wildman–Crippen LogP) is 4.33. The van der Waals surface area contributed by atoms with E-state index in [4.69, 9.17) is 23.8 Å². The summed E-state index contributed by atoms with van der Waals surface area (Å²) in [5.74, 6) is -1.42. The molecule has 1 aliphatic heterocycles. The summed E-state index contributed by atoms with van der Waals surface area (Å²) in [5.41, 5.74) is 0.171. The first-order chi connectivity index (χ1) is 14.0. The number of alkyl halides is 3. The molecule has 1 amide bonds. The standard InChI is InChI=1S/C17H10ClF3N2O4S3/c18-12-7-6-10(8-13(12)27-17(19,20)21)9-14-15(24)23(16(28)29-14)22-30(25,26)11-4-2-1-3-5-11/h1-9,22H/b14-9+. The van der Waals surface area contributed by atoms with Crippen LogP contribution in [0.5, 0.6) is 5.75 Å². The average molecular weight is 495 g/mol. The molecule has 30 heavy (non-hydrogen) atoms. The second kappa shape index (κ2) is 8.55. The van der Waals surface area contributed by atoms with E-state index in [0.29, 0.717) is 5.01 Å². The number of thiocarbonyl (C=S) groups is 1. The van der Waals surface area contributed by atoms with Gasteiger partial charge in [0.25, 0.3) is 15.9 Å². The van der Waals surface area contributed by atoms with Gasteiger partial charge in [-0.05, 0) is 35.9 Å². The summed E-state index contributed by atoms with van der Waals surface area (Å²) in [4.78, 5) is 14.6.